The fourth-order valence-corrected chi connectivity index (χ4v) is 13.6. The van der Waals surface area contributed by atoms with Crippen LogP contribution in [0.2, 0.25) is 10.1 Å². The standard InChI is InChI=1S/C49H56O16Si/c1-48(2,3)66(49(4,5)6)57-28-34-36(65-66)39(41(62-44(53)31-22-16-11-17-23-31)46(59-34)58-33-26-24-32(55-7)25-27-33)64-47-40(61-43(52)30-20-14-10-15-21-30)37(35(50)38(63-47)45(54)56-8)60-42(51)29-18-12-9-13-19-29/h9-27,34-41,46-47,50H,28H2,1-8H3/t34-,35+,36+,37+,38+,39+,40-,41-,46-,47+/m1/s1. The predicted molar refractivity (Wildman–Crippen MR) is 237 cm³/mol. The van der Waals surface area contributed by atoms with Crippen LogP contribution in [0.25, 0.3) is 0 Å². The van der Waals surface area contributed by atoms with E-state index in [-0.39, 0.29) is 23.3 Å². The molecule has 3 aliphatic rings. The molecule has 0 amide bonds. The van der Waals surface area contributed by atoms with Gasteiger partial charge in [0, 0.05) is 10.1 Å². The normalized spacial score (nSPS) is 27.3. The Morgan fingerprint density at radius 3 is 1.50 bits per heavy atom. The second-order valence-electron chi connectivity index (χ2n) is 18.1. The molecule has 0 aromatic heterocycles. The SMILES string of the molecule is COC(=O)[C@H]1O[C@@H](O[C@H]2[C@H]3O[Si](C(C)(C)C)(C(C)(C)C)OC[C@H]3O[C@@H](Oc3ccc(OC)cc3)[C@@H]2OC(=O)c2ccccc2)[C@H](OC(=O)c2ccccc2)[C@@H](OC(=O)c2ccccc2)[C@@H]1O. The first-order valence-corrected chi connectivity index (χ1v) is 23.4. The van der Waals surface area contributed by atoms with Crippen molar-refractivity contribution in [3.05, 3.63) is 132 Å². The largest absolute Gasteiger partial charge is 0.497 e. The van der Waals surface area contributed by atoms with Crippen molar-refractivity contribution >= 4 is 32.4 Å². The molecule has 0 aliphatic carbocycles. The smallest absolute Gasteiger partial charge is 0.349 e. The van der Waals surface area contributed by atoms with Crippen molar-refractivity contribution in [2.75, 3.05) is 20.8 Å². The van der Waals surface area contributed by atoms with E-state index in [4.69, 9.17) is 51.5 Å². The molecule has 3 fully saturated rings. The Labute approximate surface area is 384 Å². The van der Waals surface area contributed by atoms with E-state index in [2.05, 4.69) is 0 Å². The Kier molecular flexibility index (Phi) is 14.7. The lowest BCUT2D eigenvalue weighted by atomic mass is 9.96. The molecule has 0 spiro atoms. The van der Waals surface area contributed by atoms with Crippen LogP contribution < -0.4 is 9.47 Å². The first-order chi connectivity index (χ1) is 31.4. The number of aliphatic hydroxyl groups is 1. The minimum atomic E-state index is -3.41. The van der Waals surface area contributed by atoms with Gasteiger partial charge in [-0.2, -0.15) is 0 Å². The first-order valence-electron chi connectivity index (χ1n) is 21.6. The third kappa shape index (κ3) is 10.2. The number of esters is 4. The van der Waals surface area contributed by atoms with Crippen LogP contribution >= 0.6 is 0 Å². The first kappa shape index (κ1) is 48.3. The van der Waals surface area contributed by atoms with Crippen LogP contribution in [0.3, 0.4) is 0 Å². The number of benzene rings is 4. The molecular formula is C49H56O16Si. The van der Waals surface area contributed by atoms with Crippen LogP contribution in [-0.2, 0) is 46.8 Å². The molecule has 0 saturated carbocycles. The van der Waals surface area contributed by atoms with Crippen LogP contribution in [0, 0.1) is 0 Å². The number of carbonyl (C=O) groups excluding carboxylic acids is 4. The van der Waals surface area contributed by atoms with Crippen LogP contribution in [0.4, 0.5) is 0 Å². The molecule has 17 heteroatoms. The highest BCUT2D eigenvalue weighted by atomic mass is 28.4. The molecule has 4 aromatic carbocycles. The van der Waals surface area contributed by atoms with Gasteiger partial charge in [-0.25, -0.2) is 19.2 Å². The molecule has 3 heterocycles. The summed E-state index contributed by atoms with van der Waals surface area (Å²) in [7, 11) is -0.803. The molecule has 0 radical (unpaired) electrons. The van der Waals surface area contributed by atoms with Gasteiger partial charge in [0.1, 0.15) is 35.9 Å². The molecule has 0 unspecified atom stereocenters. The Bertz CT molecular complexity index is 2270. The zero-order valence-electron chi connectivity index (χ0n) is 38.0. The van der Waals surface area contributed by atoms with Crippen LogP contribution in [0.15, 0.2) is 115 Å². The van der Waals surface area contributed by atoms with Crippen molar-refractivity contribution in [1.82, 2.24) is 0 Å². The summed E-state index contributed by atoms with van der Waals surface area (Å²) in [4.78, 5) is 55.6. The minimum Gasteiger partial charge on any atom is -0.497 e. The molecule has 10 atom stereocenters. The maximum atomic E-state index is 14.2. The molecule has 4 aromatic rings. The second-order valence-corrected chi connectivity index (χ2v) is 22.9. The molecule has 352 valence electrons. The number of fused-ring (bicyclic) bond motifs is 1. The second kappa shape index (κ2) is 20.1. The van der Waals surface area contributed by atoms with E-state index >= 15 is 0 Å². The third-order valence-electron chi connectivity index (χ3n) is 11.6. The molecule has 7 rings (SSSR count). The quantitative estimate of drug-likeness (QED) is 0.0910. The highest BCUT2D eigenvalue weighted by molar-refractivity contribution is 6.73. The van der Waals surface area contributed by atoms with E-state index in [0.29, 0.717) is 11.5 Å². The zero-order chi connectivity index (χ0) is 47.4. The number of aliphatic hydroxyl groups excluding tert-OH is 1. The number of carbonyl (C=O) groups is 4. The van der Waals surface area contributed by atoms with Crippen molar-refractivity contribution < 1.29 is 75.8 Å². The van der Waals surface area contributed by atoms with Gasteiger partial charge in [0.25, 0.3) is 0 Å². The van der Waals surface area contributed by atoms with Crippen LogP contribution in [-0.4, -0.2) is 120 Å². The lowest BCUT2D eigenvalue weighted by molar-refractivity contribution is -0.350. The average Bonchev–Trinajstić information content (AvgIpc) is 3.31. The topological polar surface area (TPSA) is 190 Å². The fourth-order valence-electron chi connectivity index (χ4n) is 8.61. The van der Waals surface area contributed by atoms with Crippen molar-refractivity contribution in [2.45, 2.75) is 113 Å². The molecular weight excluding hydrogens is 873 g/mol. The summed E-state index contributed by atoms with van der Waals surface area (Å²) in [6.07, 6.45) is -15.7. The van der Waals surface area contributed by atoms with Gasteiger partial charge >= 0.3 is 32.4 Å². The third-order valence-corrected chi connectivity index (χ3v) is 16.8. The molecule has 0 bridgehead atoms. The summed E-state index contributed by atoms with van der Waals surface area (Å²) >= 11 is 0. The average molecular weight is 929 g/mol. The summed E-state index contributed by atoms with van der Waals surface area (Å²) in [5.74, 6) is -2.82. The maximum absolute atomic E-state index is 14.2. The Hall–Kier alpha value is -5.66. The van der Waals surface area contributed by atoms with Crippen LogP contribution in [0.1, 0.15) is 72.6 Å². The molecule has 1 N–H and O–H groups in total. The van der Waals surface area contributed by atoms with Gasteiger partial charge in [-0.05, 0) is 60.7 Å². The molecule has 16 nitrogen and oxygen atoms in total. The number of ether oxygens (including phenoxy) is 9. The lowest BCUT2D eigenvalue weighted by Crippen LogP contribution is -2.73. The van der Waals surface area contributed by atoms with E-state index < -0.39 is 104 Å². The number of hydrogen-bond donors (Lipinski definition) is 1. The Morgan fingerprint density at radius 1 is 0.591 bits per heavy atom. The number of hydrogen-bond acceptors (Lipinski definition) is 16. The van der Waals surface area contributed by atoms with E-state index in [1.807, 2.05) is 41.5 Å². The van der Waals surface area contributed by atoms with Gasteiger partial charge in [-0.1, -0.05) is 96.1 Å². The summed E-state index contributed by atoms with van der Waals surface area (Å²) in [5, 5.41) is 10.7. The van der Waals surface area contributed by atoms with Crippen molar-refractivity contribution in [2.24, 2.45) is 0 Å². The predicted octanol–water partition coefficient (Wildman–Crippen LogP) is 6.58. The van der Waals surface area contributed by atoms with Crippen LogP contribution in [0.5, 0.6) is 11.5 Å². The van der Waals surface area contributed by atoms with Gasteiger partial charge < -0.3 is 56.6 Å². The van der Waals surface area contributed by atoms with Crippen molar-refractivity contribution in [3.63, 3.8) is 0 Å². The molecule has 3 aliphatic heterocycles. The van der Waals surface area contributed by atoms with Crippen molar-refractivity contribution in [3.8, 4) is 11.5 Å². The Balaban J connectivity index is 1.38. The minimum absolute atomic E-state index is 0.00806. The fraction of sp³-hybridized carbons (Fsp3) is 0.429. The van der Waals surface area contributed by atoms with Crippen molar-refractivity contribution in [1.29, 1.82) is 0 Å². The summed E-state index contributed by atoms with van der Waals surface area (Å²) < 4.78 is 69.3. The van der Waals surface area contributed by atoms with Gasteiger partial charge in [0.15, 0.2) is 30.7 Å². The monoisotopic (exact) mass is 928 g/mol. The molecule has 66 heavy (non-hydrogen) atoms. The lowest BCUT2D eigenvalue weighted by Gasteiger charge is -2.58. The highest BCUT2D eigenvalue weighted by Crippen LogP contribution is 2.55. The van der Waals surface area contributed by atoms with Gasteiger partial charge in [0.2, 0.25) is 6.29 Å². The van der Waals surface area contributed by atoms with E-state index in [0.717, 1.165) is 7.11 Å². The summed E-state index contributed by atoms with van der Waals surface area (Å²) in [6, 6.07) is 30.7. The van der Waals surface area contributed by atoms with E-state index in [1.165, 1.54) is 31.4 Å². The zero-order valence-corrected chi connectivity index (χ0v) is 39.0. The maximum Gasteiger partial charge on any atom is 0.349 e. The summed E-state index contributed by atoms with van der Waals surface area (Å²) in [5.41, 5.74) is 0.380. The number of rotatable bonds is 12. The van der Waals surface area contributed by atoms with E-state index in [1.54, 1.807) is 91.0 Å². The van der Waals surface area contributed by atoms with E-state index in [9.17, 15) is 24.3 Å². The molecule has 3 saturated heterocycles. The van der Waals surface area contributed by atoms with Gasteiger partial charge in [-0.15, -0.1) is 0 Å². The Morgan fingerprint density at radius 2 is 1.05 bits per heavy atom. The van der Waals surface area contributed by atoms with Gasteiger partial charge in [-0.3, -0.25) is 0 Å². The summed E-state index contributed by atoms with van der Waals surface area (Å²) in [6.45, 7) is 12.1. The highest BCUT2D eigenvalue weighted by Gasteiger charge is 2.66. The van der Waals surface area contributed by atoms with Gasteiger partial charge in [0.05, 0.1) is 37.5 Å². The number of methoxy groups -OCH3 is 2.